The zero-order valence-electron chi connectivity index (χ0n) is 10.5. The number of nitro groups is 1. The number of hydrogen-bond donors (Lipinski definition) is 2. The lowest BCUT2D eigenvalue weighted by Crippen LogP contribution is -2.33. The molecule has 0 unspecified atom stereocenters. The first-order chi connectivity index (χ1) is 8.75. The summed E-state index contributed by atoms with van der Waals surface area (Å²) in [4.78, 5) is 21.0. The third kappa shape index (κ3) is 3.96. The maximum absolute atomic E-state index is 10.9. The van der Waals surface area contributed by atoms with Crippen LogP contribution in [0.5, 0.6) is 0 Å². The molecule has 2 N–H and O–H groups in total. The molecular formula is C12H13N3O4. The minimum absolute atomic E-state index is 0.174. The van der Waals surface area contributed by atoms with Crippen molar-refractivity contribution >= 4 is 17.3 Å². The lowest BCUT2D eigenvalue weighted by molar-refractivity contribution is -0.384. The van der Waals surface area contributed by atoms with Crippen molar-refractivity contribution in [3.05, 3.63) is 33.9 Å². The highest BCUT2D eigenvalue weighted by molar-refractivity contribution is 5.71. The number of nitrogens with zero attached hydrogens (tertiary/aromatic N) is 2. The van der Waals surface area contributed by atoms with Crippen LogP contribution in [0.25, 0.3) is 0 Å². The molecule has 7 heteroatoms. The molecule has 0 spiro atoms. The molecule has 0 saturated heterocycles. The van der Waals surface area contributed by atoms with Crippen molar-refractivity contribution < 1.29 is 14.8 Å². The number of carboxylic acids is 1. The molecule has 0 atom stereocenters. The number of nitriles is 1. The second kappa shape index (κ2) is 5.35. The Morgan fingerprint density at radius 2 is 2.21 bits per heavy atom. The summed E-state index contributed by atoms with van der Waals surface area (Å²) in [5.41, 5.74) is -0.730. The fourth-order valence-corrected chi connectivity index (χ4v) is 1.64. The maximum Gasteiger partial charge on any atom is 0.305 e. The van der Waals surface area contributed by atoms with Crippen molar-refractivity contribution in [2.24, 2.45) is 0 Å². The lowest BCUT2D eigenvalue weighted by atomic mass is 10.00. The van der Waals surface area contributed by atoms with Crippen LogP contribution in [0.2, 0.25) is 0 Å². The number of carboxylic acid groups (broad SMARTS) is 1. The summed E-state index contributed by atoms with van der Waals surface area (Å²) < 4.78 is 0. The number of anilines is 1. The van der Waals surface area contributed by atoms with E-state index in [1.165, 1.54) is 12.1 Å². The summed E-state index contributed by atoms with van der Waals surface area (Å²) in [6, 6.07) is 5.81. The van der Waals surface area contributed by atoms with Gasteiger partial charge in [-0.25, -0.2) is 0 Å². The maximum atomic E-state index is 10.9. The van der Waals surface area contributed by atoms with Crippen LogP contribution in [0.3, 0.4) is 0 Å². The van der Waals surface area contributed by atoms with E-state index in [-0.39, 0.29) is 23.4 Å². The second-order valence-electron chi connectivity index (χ2n) is 4.68. The van der Waals surface area contributed by atoms with Crippen molar-refractivity contribution in [1.82, 2.24) is 0 Å². The number of aliphatic carboxylic acids is 1. The highest BCUT2D eigenvalue weighted by Gasteiger charge is 2.25. The molecule has 1 aromatic rings. The largest absolute Gasteiger partial charge is 0.481 e. The summed E-state index contributed by atoms with van der Waals surface area (Å²) in [7, 11) is 0. The Morgan fingerprint density at radius 1 is 1.58 bits per heavy atom. The summed E-state index contributed by atoms with van der Waals surface area (Å²) in [6.07, 6.45) is -0.190. The standard InChI is InChI=1S/C12H13N3O4/c1-12(2,6-11(16)17)14-9-4-3-8(7-13)5-10(9)15(18)19/h3-5,14H,6H2,1-2H3,(H,16,17). The quantitative estimate of drug-likeness (QED) is 0.620. The van der Waals surface area contributed by atoms with Gasteiger partial charge in [0, 0.05) is 11.6 Å². The summed E-state index contributed by atoms with van der Waals surface area (Å²) in [5, 5.41) is 31.2. The van der Waals surface area contributed by atoms with E-state index in [1.807, 2.05) is 6.07 Å². The van der Waals surface area contributed by atoms with Crippen LogP contribution >= 0.6 is 0 Å². The van der Waals surface area contributed by atoms with Crippen molar-refractivity contribution in [3.8, 4) is 6.07 Å². The van der Waals surface area contributed by atoms with Gasteiger partial charge in [-0.3, -0.25) is 14.9 Å². The van der Waals surface area contributed by atoms with Crippen LogP contribution in [0.15, 0.2) is 18.2 Å². The molecule has 19 heavy (non-hydrogen) atoms. The molecule has 0 heterocycles. The summed E-state index contributed by atoms with van der Waals surface area (Å²) in [6.45, 7) is 3.26. The van der Waals surface area contributed by atoms with Crippen LogP contribution in [-0.4, -0.2) is 21.5 Å². The summed E-state index contributed by atoms with van der Waals surface area (Å²) in [5.74, 6) is -1.01. The third-order valence-electron chi connectivity index (χ3n) is 2.39. The van der Waals surface area contributed by atoms with E-state index in [0.717, 1.165) is 6.07 Å². The van der Waals surface area contributed by atoms with E-state index in [9.17, 15) is 14.9 Å². The van der Waals surface area contributed by atoms with Gasteiger partial charge >= 0.3 is 5.97 Å². The van der Waals surface area contributed by atoms with E-state index in [1.54, 1.807) is 13.8 Å². The van der Waals surface area contributed by atoms with Gasteiger partial charge < -0.3 is 10.4 Å². The van der Waals surface area contributed by atoms with Crippen molar-refractivity contribution in [1.29, 1.82) is 5.26 Å². The molecule has 0 aliphatic heterocycles. The molecule has 0 bridgehead atoms. The molecular weight excluding hydrogens is 250 g/mol. The molecule has 1 rings (SSSR count). The number of rotatable bonds is 5. The van der Waals surface area contributed by atoms with E-state index in [4.69, 9.17) is 10.4 Å². The third-order valence-corrected chi connectivity index (χ3v) is 2.39. The van der Waals surface area contributed by atoms with Crippen LogP contribution in [0.1, 0.15) is 25.8 Å². The summed E-state index contributed by atoms with van der Waals surface area (Å²) >= 11 is 0. The first-order valence-electron chi connectivity index (χ1n) is 5.44. The van der Waals surface area contributed by atoms with E-state index < -0.39 is 16.4 Å². The molecule has 1 aromatic carbocycles. The van der Waals surface area contributed by atoms with Crippen LogP contribution in [0.4, 0.5) is 11.4 Å². The van der Waals surface area contributed by atoms with Gasteiger partial charge in [-0.05, 0) is 26.0 Å². The highest BCUT2D eigenvalue weighted by Crippen LogP contribution is 2.29. The molecule has 7 nitrogen and oxygen atoms in total. The fraction of sp³-hybridized carbons (Fsp3) is 0.333. The van der Waals surface area contributed by atoms with Gasteiger partial charge in [0.25, 0.3) is 5.69 Å². The van der Waals surface area contributed by atoms with Gasteiger partial charge in [-0.2, -0.15) is 5.26 Å². The molecule has 0 aliphatic rings. The first kappa shape index (κ1) is 14.4. The van der Waals surface area contributed by atoms with Crippen LogP contribution in [-0.2, 0) is 4.79 Å². The minimum Gasteiger partial charge on any atom is -0.481 e. The number of benzene rings is 1. The average Bonchev–Trinajstić information content (AvgIpc) is 2.26. The average molecular weight is 263 g/mol. The molecule has 0 aromatic heterocycles. The number of nitrogens with one attached hydrogen (secondary N) is 1. The Labute approximate surface area is 109 Å². The lowest BCUT2D eigenvalue weighted by Gasteiger charge is -2.25. The first-order valence-corrected chi connectivity index (χ1v) is 5.44. The fourth-order valence-electron chi connectivity index (χ4n) is 1.64. The highest BCUT2D eigenvalue weighted by atomic mass is 16.6. The Balaban J connectivity index is 3.11. The van der Waals surface area contributed by atoms with Crippen molar-refractivity contribution in [2.75, 3.05) is 5.32 Å². The number of nitro benzene ring substituents is 1. The smallest absolute Gasteiger partial charge is 0.305 e. The predicted octanol–water partition coefficient (Wildman–Crippen LogP) is 2.13. The zero-order chi connectivity index (χ0) is 14.6. The normalized spacial score (nSPS) is 10.6. The molecule has 0 saturated carbocycles. The van der Waals surface area contributed by atoms with Gasteiger partial charge in [0.05, 0.1) is 23.0 Å². The topological polar surface area (TPSA) is 116 Å². The SMILES string of the molecule is CC(C)(CC(=O)O)Nc1ccc(C#N)cc1[N+](=O)[O-]. The Morgan fingerprint density at radius 3 is 2.68 bits per heavy atom. The van der Waals surface area contributed by atoms with Gasteiger partial charge in [-0.15, -0.1) is 0 Å². The Kier molecular flexibility index (Phi) is 4.07. The van der Waals surface area contributed by atoms with E-state index in [0.29, 0.717) is 0 Å². The van der Waals surface area contributed by atoms with Crippen molar-refractivity contribution in [2.45, 2.75) is 25.8 Å². The van der Waals surface area contributed by atoms with Gasteiger partial charge in [-0.1, -0.05) is 0 Å². The Bertz CT molecular complexity index is 561. The minimum atomic E-state index is -1.01. The van der Waals surface area contributed by atoms with Crippen LogP contribution in [0, 0.1) is 21.4 Å². The van der Waals surface area contributed by atoms with E-state index in [2.05, 4.69) is 5.32 Å². The van der Waals surface area contributed by atoms with Gasteiger partial charge in [0.15, 0.2) is 0 Å². The van der Waals surface area contributed by atoms with E-state index >= 15 is 0 Å². The van der Waals surface area contributed by atoms with Gasteiger partial charge in [0.2, 0.25) is 0 Å². The van der Waals surface area contributed by atoms with Crippen molar-refractivity contribution in [3.63, 3.8) is 0 Å². The monoisotopic (exact) mass is 263 g/mol. The van der Waals surface area contributed by atoms with Gasteiger partial charge in [0.1, 0.15) is 5.69 Å². The number of carbonyl (C=O) groups is 1. The van der Waals surface area contributed by atoms with Crippen LogP contribution < -0.4 is 5.32 Å². The second-order valence-corrected chi connectivity index (χ2v) is 4.68. The molecule has 0 fully saturated rings. The molecule has 0 amide bonds. The molecule has 0 aliphatic carbocycles. The number of hydrogen-bond acceptors (Lipinski definition) is 5. The predicted molar refractivity (Wildman–Crippen MR) is 67.8 cm³/mol. The zero-order valence-corrected chi connectivity index (χ0v) is 10.5. The molecule has 100 valence electrons. The molecule has 0 radical (unpaired) electrons. The Hall–Kier alpha value is -2.62.